The lowest BCUT2D eigenvalue weighted by Crippen LogP contribution is -2.36. The van der Waals surface area contributed by atoms with Crippen LogP contribution in [0, 0.1) is 11.6 Å². The summed E-state index contributed by atoms with van der Waals surface area (Å²) in [7, 11) is 0. The quantitative estimate of drug-likeness (QED) is 0.750. The molecule has 0 amide bonds. The van der Waals surface area contributed by atoms with Gasteiger partial charge in [-0.25, -0.2) is 13.6 Å². The molecule has 1 aliphatic rings. The lowest BCUT2D eigenvalue weighted by Gasteiger charge is -2.29. The Kier molecular flexibility index (Phi) is 4.56. The lowest BCUT2D eigenvalue weighted by atomic mass is 10.1. The van der Waals surface area contributed by atoms with Crippen molar-refractivity contribution in [1.82, 2.24) is 4.57 Å². The van der Waals surface area contributed by atoms with E-state index >= 15 is 0 Å². The number of anilines is 1. The molecule has 0 aliphatic carbocycles. The first-order chi connectivity index (χ1) is 13.5. The minimum atomic E-state index is -1.44. The van der Waals surface area contributed by atoms with Crippen LogP contribution in [0.2, 0.25) is 0 Å². The van der Waals surface area contributed by atoms with Crippen molar-refractivity contribution >= 4 is 22.6 Å². The van der Waals surface area contributed by atoms with Gasteiger partial charge in [0.1, 0.15) is 5.56 Å². The molecule has 1 fully saturated rings. The van der Waals surface area contributed by atoms with E-state index in [0.29, 0.717) is 32.0 Å². The van der Waals surface area contributed by atoms with Crippen molar-refractivity contribution in [3.63, 3.8) is 0 Å². The van der Waals surface area contributed by atoms with Crippen molar-refractivity contribution in [1.29, 1.82) is 0 Å². The van der Waals surface area contributed by atoms with Crippen molar-refractivity contribution in [3.05, 3.63) is 70.0 Å². The summed E-state index contributed by atoms with van der Waals surface area (Å²) in [6, 6.07) is 8.84. The molecule has 144 valence electrons. The summed E-state index contributed by atoms with van der Waals surface area (Å²) in [5.74, 6) is -3.76. The van der Waals surface area contributed by atoms with Crippen molar-refractivity contribution in [2.24, 2.45) is 0 Å². The second-order valence-corrected chi connectivity index (χ2v) is 6.45. The van der Waals surface area contributed by atoms with Crippen LogP contribution in [0.1, 0.15) is 10.4 Å². The highest BCUT2D eigenvalue weighted by atomic mass is 19.2. The van der Waals surface area contributed by atoms with Crippen molar-refractivity contribution in [2.45, 2.75) is 0 Å². The van der Waals surface area contributed by atoms with Crippen LogP contribution in [-0.2, 0) is 4.74 Å². The Bertz CT molecular complexity index is 1140. The highest BCUT2D eigenvalue weighted by Gasteiger charge is 2.19. The number of fused-ring (bicyclic) bond motifs is 1. The van der Waals surface area contributed by atoms with E-state index < -0.39 is 28.6 Å². The van der Waals surface area contributed by atoms with Gasteiger partial charge in [0.2, 0.25) is 5.43 Å². The number of aromatic carboxylic acids is 1. The van der Waals surface area contributed by atoms with E-state index in [1.165, 1.54) is 4.57 Å². The van der Waals surface area contributed by atoms with Gasteiger partial charge in [0.25, 0.3) is 0 Å². The van der Waals surface area contributed by atoms with Crippen LogP contribution in [0.5, 0.6) is 0 Å². The molecule has 0 atom stereocenters. The van der Waals surface area contributed by atoms with Gasteiger partial charge in [-0.2, -0.15) is 0 Å². The molecule has 1 N–H and O–H groups in total. The number of halogens is 2. The first-order valence-electron chi connectivity index (χ1n) is 8.66. The first kappa shape index (κ1) is 18.1. The highest BCUT2D eigenvalue weighted by Crippen LogP contribution is 2.24. The van der Waals surface area contributed by atoms with Gasteiger partial charge in [0.05, 0.1) is 24.1 Å². The lowest BCUT2D eigenvalue weighted by molar-refractivity contribution is 0.0695. The SMILES string of the molecule is O=C(O)c1cn(-c2cccc(N3CCOCC3)c2)c2cc(F)c(F)cc2c1=O. The normalized spacial score (nSPS) is 14.4. The number of carboxylic acid groups (broad SMARTS) is 1. The Balaban J connectivity index is 1.95. The number of rotatable bonds is 3. The summed E-state index contributed by atoms with van der Waals surface area (Å²) < 4.78 is 34.3. The molecular weight excluding hydrogens is 370 g/mol. The Hall–Kier alpha value is -3.26. The average molecular weight is 386 g/mol. The zero-order valence-electron chi connectivity index (χ0n) is 14.7. The number of carboxylic acids is 1. The molecule has 28 heavy (non-hydrogen) atoms. The molecule has 8 heteroatoms. The molecule has 0 saturated carbocycles. The van der Waals surface area contributed by atoms with Gasteiger partial charge in [0.15, 0.2) is 11.6 Å². The third-order valence-electron chi connectivity index (χ3n) is 4.76. The Morgan fingerprint density at radius 3 is 2.43 bits per heavy atom. The van der Waals surface area contributed by atoms with Crippen molar-refractivity contribution in [3.8, 4) is 5.69 Å². The standard InChI is InChI=1S/C20H16F2N2O4/c21-16-9-14-18(10-17(16)22)24(11-15(19(14)25)20(26)27)13-3-1-2-12(8-13)23-4-6-28-7-5-23/h1-3,8-11H,4-7H2,(H,26,27). The van der Waals surface area contributed by atoms with Crippen LogP contribution in [0.25, 0.3) is 16.6 Å². The van der Waals surface area contributed by atoms with E-state index in [9.17, 15) is 23.5 Å². The van der Waals surface area contributed by atoms with E-state index in [0.717, 1.165) is 24.0 Å². The van der Waals surface area contributed by atoms with Gasteiger partial charge >= 0.3 is 5.97 Å². The number of carbonyl (C=O) groups is 1. The van der Waals surface area contributed by atoms with E-state index in [1.54, 1.807) is 12.1 Å². The number of hydrogen-bond donors (Lipinski definition) is 1. The highest BCUT2D eigenvalue weighted by molar-refractivity contribution is 5.93. The number of hydrogen-bond acceptors (Lipinski definition) is 4. The topological polar surface area (TPSA) is 71.8 Å². The largest absolute Gasteiger partial charge is 0.477 e. The van der Waals surface area contributed by atoms with Crippen LogP contribution >= 0.6 is 0 Å². The molecule has 2 heterocycles. The van der Waals surface area contributed by atoms with Gasteiger partial charge in [-0.3, -0.25) is 4.79 Å². The average Bonchev–Trinajstić information content (AvgIpc) is 2.70. The Morgan fingerprint density at radius 1 is 1.04 bits per heavy atom. The number of pyridine rings is 1. The summed E-state index contributed by atoms with van der Waals surface area (Å²) in [4.78, 5) is 26.0. The molecule has 1 aliphatic heterocycles. The summed E-state index contributed by atoms with van der Waals surface area (Å²) in [6.45, 7) is 2.60. The number of benzene rings is 2. The second-order valence-electron chi connectivity index (χ2n) is 6.45. The Morgan fingerprint density at radius 2 is 1.71 bits per heavy atom. The van der Waals surface area contributed by atoms with Crippen LogP contribution in [0.3, 0.4) is 0 Å². The predicted molar refractivity (Wildman–Crippen MR) is 99.5 cm³/mol. The fourth-order valence-corrected chi connectivity index (χ4v) is 3.35. The van der Waals surface area contributed by atoms with Gasteiger partial charge in [-0.05, 0) is 24.3 Å². The van der Waals surface area contributed by atoms with E-state index in [2.05, 4.69) is 4.90 Å². The molecule has 3 aromatic rings. The number of aromatic nitrogens is 1. The first-order valence-corrected chi connectivity index (χ1v) is 8.66. The minimum absolute atomic E-state index is 0.0908. The summed E-state index contributed by atoms with van der Waals surface area (Å²) in [5.41, 5.74) is 0.125. The molecule has 1 saturated heterocycles. The van der Waals surface area contributed by atoms with Crippen molar-refractivity contribution < 1.29 is 23.4 Å². The zero-order chi connectivity index (χ0) is 19.8. The number of nitrogens with zero attached hydrogens (tertiary/aromatic N) is 2. The summed E-state index contributed by atoms with van der Waals surface area (Å²) in [5, 5.41) is 9.18. The molecule has 0 bridgehead atoms. The zero-order valence-corrected chi connectivity index (χ0v) is 14.7. The molecule has 0 unspecified atom stereocenters. The maximum absolute atomic E-state index is 13.9. The number of morpholine rings is 1. The maximum atomic E-state index is 13.9. The molecule has 6 nitrogen and oxygen atoms in total. The molecule has 1 aromatic heterocycles. The molecular formula is C20H16F2N2O4. The van der Waals surface area contributed by atoms with Crippen LogP contribution in [0.15, 0.2) is 47.4 Å². The van der Waals surface area contributed by atoms with E-state index in [-0.39, 0.29) is 10.9 Å². The molecule has 4 rings (SSSR count). The van der Waals surface area contributed by atoms with Gasteiger partial charge < -0.3 is 19.3 Å². The fourth-order valence-electron chi connectivity index (χ4n) is 3.35. The third kappa shape index (κ3) is 3.11. The minimum Gasteiger partial charge on any atom is -0.477 e. The van der Waals surface area contributed by atoms with E-state index in [4.69, 9.17) is 4.74 Å². The van der Waals surface area contributed by atoms with Crippen molar-refractivity contribution in [2.75, 3.05) is 31.2 Å². The fraction of sp³-hybridized carbons (Fsp3) is 0.200. The smallest absolute Gasteiger partial charge is 0.341 e. The second kappa shape index (κ2) is 7.05. The summed E-state index contributed by atoms with van der Waals surface area (Å²) in [6.07, 6.45) is 1.14. The molecule has 0 spiro atoms. The van der Waals surface area contributed by atoms with Crippen LogP contribution < -0.4 is 10.3 Å². The predicted octanol–water partition coefficient (Wildman–Crippen LogP) is 2.80. The van der Waals surface area contributed by atoms with Crippen LogP contribution in [0.4, 0.5) is 14.5 Å². The van der Waals surface area contributed by atoms with Gasteiger partial charge in [0, 0.05) is 36.7 Å². The Labute approximate surface area is 158 Å². The van der Waals surface area contributed by atoms with Gasteiger partial charge in [-0.1, -0.05) is 6.07 Å². The molecule has 0 radical (unpaired) electrons. The van der Waals surface area contributed by atoms with Crippen LogP contribution in [-0.4, -0.2) is 41.9 Å². The summed E-state index contributed by atoms with van der Waals surface area (Å²) >= 11 is 0. The van der Waals surface area contributed by atoms with Gasteiger partial charge in [-0.15, -0.1) is 0 Å². The molecule has 2 aromatic carbocycles. The van der Waals surface area contributed by atoms with E-state index in [1.807, 2.05) is 12.1 Å². The maximum Gasteiger partial charge on any atom is 0.341 e. The third-order valence-corrected chi connectivity index (χ3v) is 4.76. The number of ether oxygens (including phenoxy) is 1. The monoisotopic (exact) mass is 386 g/mol.